The molecule has 1 N–H and O–H groups in total. The maximum absolute atomic E-state index is 11.7. The molecule has 2 rings (SSSR count). The van der Waals surface area contributed by atoms with E-state index in [1.54, 1.807) is 0 Å². The molecular weight excluding hydrogens is 238 g/mol. The zero-order valence-electron chi connectivity index (χ0n) is 12.1. The van der Waals surface area contributed by atoms with Crippen LogP contribution < -0.4 is 5.32 Å². The Morgan fingerprint density at radius 1 is 1.37 bits per heavy atom. The third-order valence-corrected chi connectivity index (χ3v) is 4.07. The zero-order valence-corrected chi connectivity index (χ0v) is 12.1. The Labute approximate surface area is 115 Å². The van der Waals surface area contributed by atoms with Gasteiger partial charge in [-0.25, -0.2) is 4.79 Å². The van der Waals surface area contributed by atoms with E-state index >= 15 is 0 Å². The number of carbonyl (C=O) groups is 1. The highest BCUT2D eigenvalue weighted by Gasteiger charge is 2.16. The largest absolute Gasteiger partial charge is 0.465 e. The van der Waals surface area contributed by atoms with E-state index in [4.69, 9.17) is 4.74 Å². The number of rotatable bonds is 3. The topological polar surface area (TPSA) is 38.3 Å². The molecule has 104 valence electrons. The van der Waals surface area contributed by atoms with Gasteiger partial charge in [-0.1, -0.05) is 6.42 Å². The van der Waals surface area contributed by atoms with E-state index in [0.717, 1.165) is 18.5 Å². The van der Waals surface area contributed by atoms with Gasteiger partial charge in [0.25, 0.3) is 0 Å². The SMILES string of the molecule is COC(=O)c1cc(C)c(C)c(CC2CCCCN2)c1. The second kappa shape index (κ2) is 6.20. The van der Waals surface area contributed by atoms with Crippen LogP contribution in [0, 0.1) is 13.8 Å². The second-order valence-electron chi connectivity index (χ2n) is 5.42. The van der Waals surface area contributed by atoms with Gasteiger partial charge < -0.3 is 10.1 Å². The summed E-state index contributed by atoms with van der Waals surface area (Å²) in [7, 11) is 1.43. The first-order valence-electron chi connectivity index (χ1n) is 7.03. The van der Waals surface area contributed by atoms with Crippen LogP contribution in [0.5, 0.6) is 0 Å². The normalized spacial score (nSPS) is 19.2. The van der Waals surface area contributed by atoms with Crippen molar-refractivity contribution in [3.63, 3.8) is 0 Å². The van der Waals surface area contributed by atoms with Crippen LogP contribution in [0.25, 0.3) is 0 Å². The fraction of sp³-hybridized carbons (Fsp3) is 0.562. The number of piperidine rings is 1. The summed E-state index contributed by atoms with van der Waals surface area (Å²) >= 11 is 0. The minimum absolute atomic E-state index is 0.249. The quantitative estimate of drug-likeness (QED) is 0.850. The molecule has 19 heavy (non-hydrogen) atoms. The molecule has 1 atom stereocenters. The van der Waals surface area contributed by atoms with Crippen LogP contribution in [0.4, 0.5) is 0 Å². The Morgan fingerprint density at radius 3 is 2.79 bits per heavy atom. The molecule has 1 unspecified atom stereocenters. The smallest absolute Gasteiger partial charge is 0.337 e. The van der Waals surface area contributed by atoms with Gasteiger partial charge in [-0.05, 0) is 68.5 Å². The molecular formula is C16H23NO2. The summed E-state index contributed by atoms with van der Waals surface area (Å²) in [5.41, 5.74) is 4.38. The van der Waals surface area contributed by atoms with Gasteiger partial charge in [0.15, 0.2) is 0 Å². The fourth-order valence-corrected chi connectivity index (χ4v) is 2.74. The second-order valence-corrected chi connectivity index (χ2v) is 5.42. The lowest BCUT2D eigenvalue weighted by atomic mass is 9.92. The van der Waals surface area contributed by atoms with Gasteiger partial charge in [-0.15, -0.1) is 0 Å². The summed E-state index contributed by atoms with van der Waals surface area (Å²) < 4.78 is 4.82. The van der Waals surface area contributed by atoms with E-state index in [9.17, 15) is 4.79 Å². The van der Waals surface area contributed by atoms with Gasteiger partial charge in [-0.3, -0.25) is 0 Å². The number of aryl methyl sites for hydroxylation is 1. The predicted octanol–water partition coefficient (Wildman–Crippen LogP) is 2.77. The van der Waals surface area contributed by atoms with Crippen LogP contribution in [0.2, 0.25) is 0 Å². The van der Waals surface area contributed by atoms with Crippen molar-refractivity contribution < 1.29 is 9.53 Å². The first kappa shape index (κ1) is 14.1. The molecule has 1 aromatic carbocycles. The highest BCUT2D eigenvalue weighted by atomic mass is 16.5. The molecule has 0 amide bonds. The minimum atomic E-state index is -0.249. The maximum atomic E-state index is 11.7. The molecule has 0 saturated carbocycles. The van der Waals surface area contributed by atoms with E-state index in [-0.39, 0.29) is 5.97 Å². The molecule has 0 spiro atoms. The van der Waals surface area contributed by atoms with Gasteiger partial charge in [0.05, 0.1) is 12.7 Å². The Morgan fingerprint density at radius 2 is 2.16 bits per heavy atom. The Kier molecular flexibility index (Phi) is 4.59. The van der Waals surface area contributed by atoms with Crippen molar-refractivity contribution in [3.05, 3.63) is 34.4 Å². The molecule has 0 aliphatic carbocycles. The highest BCUT2D eigenvalue weighted by Crippen LogP contribution is 2.21. The lowest BCUT2D eigenvalue weighted by Crippen LogP contribution is -2.35. The summed E-state index contributed by atoms with van der Waals surface area (Å²) in [4.78, 5) is 11.7. The Bertz CT molecular complexity index is 462. The van der Waals surface area contributed by atoms with Crippen LogP contribution in [-0.2, 0) is 11.2 Å². The number of hydrogen-bond donors (Lipinski definition) is 1. The number of methoxy groups -OCH3 is 1. The molecule has 1 fully saturated rings. The van der Waals surface area contributed by atoms with Crippen LogP contribution in [0.1, 0.15) is 46.3 Å². The number of esters is 1. The molecule has 1 aliphatic rings. The molecule has 1 heterocycles. The minimum Gasteiger partial charge on any atom is -0.465 e. The molecule has 1 aliphatic heterocycles. The van der Waals surface area contributed by atoms with Gasteiger partial charge >= 0.3 is 5.97 Å². The number of nitrogens with one attached hydrogen (secondary N) is 1. The molecule has 0 aromatic heterocycles. The lowest BCUT2D eigenvalue weighted by molar-refractivity contribution is 0.0600. The Hall–Kier alpha value is -1.35. The van der Waals surface area contributed by atoms with Crippen molar-refractivity contribution in [3.8, 4) is 0 Å². The maximum Gasteiger partial charge on any atom is 0.337 e. The van der Waals surface area contributed by atoms with E-state index in [1.165, 1.54) is 37.5 Å². The average molecular weight is 261 g/mol. The number of ether oxygens (including phenoxy) is 1. The summed E-state index contributed by atoms with van der Waals surface area (Å²) in [5, 5.41) is 3.56. The van der Waals surface area contributed by atoms with Gasteiger partial charge in [-0.2, -0.15) is 0 Å². The summed E-state index contributed by atoms with van der Waals surface area (Å²) in [5.74, 6) is -0.249. The molecule has 1 saturated heterocycles. The number of carbonyl (C=O) groups excluding carboxylic acids is 1. The van der Waals surface area contributed by atoms with Crippen molar-refractivity contribution in [1.29, 1.82) is 0 Å². The molecule has 1 aromatic rings. The molecule has 0 radical (unpaired) electrons. The van der Waals surface area contributed by atoms with Crippen LogP contribution in [-0.4, -0.2) is 25.7 Å². The third kappa shape index (κ3) is 3.35. The van der Waals surface area contributed by atoms with E-state index < -0.39 is 0 Å². The fourth-order valence-electron chi connectivity index (χ4n) is 2.74. The predicted molar refractivity (Wildman–Crippen MR) is 76.6 cm³/mol. The molecule has 3 nitrogen and oxygen atoms in total. The van der Waals surface area contributed by atoms with E-state index in [2.05, 4.69) is 19.2 Å². The van der Waals surface area contributed by atoms with Gasteiger partial charge in [0, 0.05) is 6.04 Å². The van der Waals surface area contributed by atoms with Crippen LogP contribution >= 0.6 is 0 Å². The number of hydrogen-bond acceptors (Lipinski definition) is 3. The van der Waals surface area contributed by atoms with Gasteiger partial charge in [0.2, 0.25) is 0 Å². The highest BCUT2D eigenvalue weighted by molar-refractivity contribution is 5.90. The third-order valence-electron chi connectivity index (χ3n) is 4.07. The monoisotopic (exact) mass is 261 g/mol. The van der Waals surface area contributed by atoms with Crippen LogP contribution in [0.15, 0.2) is 12.1 Å². The van der Waals surface area contributed by atoms with Gasteiger partial charge in [0.1, 0.15) is 0 Å². The first-order chi connectivity index (χ1) is 9.11. The summed E-state index contributed by atoms with van der Waals surface area (Å²) in [6.45, 7) is 5.30. The Balaban J connectivity index is 2.22. The van der Waals surface area contributed by atoms with Crippen molar-refractivity contribution in [2.75, 3.05) is 13.7 Å². The van der Waals surface area contributed by atoms with Crippen molar-refractivity contribution in [2.45, 2.75) is 45.6 Å². The number of benzene rings is 1. The summed E-state index contributed by atoms with van der Waals surface area (Å²) in [6, 6.07) is 4.45. The van der Waals surface area contributed by atoms with Crippen molar-refractivity contribution in [2.24, 2.45) is 0 Å². The standard InChI is InChI=1S/C16H23NO2/c1-11-8-14(16(18)19-3)9-13(12(11)2)10-15-6-4-5-7-17-15/h8-9,15,17H,4-7,10H2,1-3H3. The van der Waals surface area contributed by atoms with Crippen LogP contribution in [0.3, 0.4) is 0 Å². The lowest BCUT2D eigenvalue weighted by Gasteiger charge is -2.24. The van der Waals surface area contributed by atoms with E-state index in [0.29, 0.717) is 11.6 Å². The molecule has 0 bridgehead atoms. The van der Waals surface area contributed by atoms with Crippen molar-refractivity contribution >= 4 is 5.97 Å². The summed E-state index contributed by atoms with van der Waals surface area (Å²) in [6.07, 6.45) is 4.79. The van der Waals surface area contributed by atoms with E-state index in [1.807, 2.05) is 12.1 Å². The average Bonchev–Trinajstić information content (AvgIpc) is 2.44. The zero-order chi connectivity index (χ0) is 13.8. The molecule has 3 heteroatoms. The first-order valence-corrected chi connectivity index (χ1v) is 7.03. The van der Waals surface area contributed by atoms with Crippen molar-refractivity contribution in [1.82, 2.24) is 5.32 Å².